The highest BCUT2D eigenvalue weighted by molar-refractivity contribution is 7.90. The van der Waals surface area contributed by atoms with Crippen molar-refractivity contribution in [2.75, 3.05) is 7.11 Å². The van der Waals surface area contributed by atoms with Gasteiger partial charge in [0, 0.05) is 5.56 Å². The summed E-state index contributed by atoms with van der Waals surface area (Å²) in [6.45, 7) is 3.82. The van der Waals surface area contributed by atoms with Gasteiger partial charge in [0.25, 0.3) is 5.89 Å². The van der Waals surface area contributed by atoms with Crippen molar-refractivity contribution >= 4 is 9.84 Å². The smallest absolute Gasteiger partial charge is 0.293 e. The SMILES string of the molecule is COc1cccc(-c2noc(-c3ccc(CS(=O)(=O)c4ccc(C)c(C)c4)o3)n2)c1. The number of aromatic nitrogens is 2. The van der Waals surface area contributed by atoms with Crippen LogP contribution in [0.15, 0.2) is 68.4 Å². The molecular weight excluding hydrogens is 404 g/mol. The lowest BCUT2D eigenvalue weighted by Crippen LogP contribution is -2.05. The topological polar surface area (TPSA) is 95.4 Å². The van der Waals surface area contributed by atoms with Crippen molar-refractivity contribution in [3.63, 3.8) is 0 Å². The number of ether oxygens (including phenoxy) is 1. The minimum absolute atomic E-state index is 0.169. The molecule has 154 valence electrons. The lowest BCUT2D eigenvalue weighted by molar-refractivity contribution is 0.412. The van der Waals surface area contributed by atoms with Crippen LogP contribution in [0.2, 0.25) is 0 Å². The van der Waals surface area contributed by atoms with Crippen LogP contribution in [0.5, 0.6) is 5.75 Å². The fourth-order valence-corrected chi connectivity index (χ4v) is 4.28. The normalized spacial score (nSPS) is 11.6. The molecule has 7 nitrogen and oxygen atoms in total. The number of aryl methyl sites for hydroxylation is 2. The van der Waals surface area contributed by atoms with Crippen molar-refractivity contribution in [1.29, 1.82) is 0 Å². The van der Waals surface area contributed by atoms with Crippen molar-refractivity contribution in [1.82, 2.24) is 10.1 Å². The minimum atomic E-state index is -3.54. The van der Waals surface area contributed by atoms with Crippen molar-refractivity contribution in [3.05, 3.63) is 71.5 Å². The molecule has 0 aliphatic rings. The summed E-state index contributed by atoms with van der Waals surface area (Å²) in [5, 5.41) is 3.97. The van der Waals surface area contributed by atoms with E-state index < -0.39 is 9.84 Å². The molecule has 0 amide bonds. The standard InChI is InChI=1S/C22H20N2O5S/c1-14-7-9-19(11-15(14)2)30(25,26)13-18-8-10-20(28-18)22-23-21(24-29-22)16-5-4-6-17(12-16)27-3/h4-12H,13H2,1-3H3. The maximum absolute atomic E-state index is 12.7. The van der Waals surface area contributed by atoms with Crippen molar-refractivity contribution in [3.8, 4) is 28.8 Å². The van der Waals surface area contributed by atoms with Crippen LogP contribution in [0.25, 0.3) is 23.0 Å². The number of sulfone groups is 1. The Hall–Kier alpha value is -3.39. The Bertz CT molecular complexity index is 1300. The Morgan fingerprint density at radius 1 is 1.00 bits per heavy atom. The van der Waals surface area contributed by atoms with Gasteiger partial charge >= 0.3 is 0 Å². The van der Waals surface area contributed by atoms with Crippen LogP contribution in [0.1, 0.15) is 16.9 Å². The third kappa shape index (κ3) is 3.99. The van der Waals surface area contributed by atoms with Crippen LogP contribution in [-0.2, 0) is 15.6 Å². The summed E-state index contributed by atoms with van der Waals surface area (Å²) in [5.74, 6) is 1.57. The lowest BCUT2D eigenvalue weighted by atomic mass is 10.1. The fraction of sp³-hybridized carbons (Fsp3) is 0.182. The van der Waals surface area contributed by atoms with Gasteiger partial charge < -0.3 is 13.7 Å². The summed E-state index contributed by atoms with van der Waals surface area (Å²) in [6, 6.07) is 15.6. The average molecular weight is 424 g/mol. The van der Waals surface area contributed by atoms with E-state index in [9.17, 15) is 8.42 Å². The second kappa shape index (κ2) is 7.79. The van der Waals surface area contributed by atoms with Gasteiger partial charge in [0.2, 0.25) is 5.82 Å². The molecule has 4 rings (SSSR count). The molecule has 8 heteroatoms. The predicted octanol–water partition coefficient (Wildman–Crippen LogP) is 4.60. The monoisotopic (exact) mass is 424 g/mol. The molecule has 0 fully saturated rings. The fourth-order valence-electron chi connectivity index (χ4n) is 2.95. The van der Waals surface area contributed by atoms with Crippen LogP contribution in [0.3, 0.4) is 0 Å². The number of hydrogen-bond donors (Lipinski definition) is 0. The molecule has 0 radical (unpaired) electrons. The van der Waals surface area contributed by atoms with Gasteiger partial charge in [-0.2, -0.15) is 4.98 Å². The van der Waals surface area contributed by atoms with Gasteiger partial charge in [-0.3, -0.25) is 0 Å². The lowest BCUT2D eigenvalue weighted by Gasteiger charge is -2.05. The molecule has 2 aromatic heterocycles. The van der Waals surface area contributed by atoms with Gasteiger partial charge in [-0.25, -0.2) is 8.42 Å². The van der Waals surface area contributed by atoms with Crippen molar-refractivity contribution in [2.24, 2.45) is 0 Å². The second-order valence-electron chi connectivity index (χ2n) is 6.93. The summed E-state index contributed by atoms with van der Waals surface area (Å²) in [4.78, 5) is 4.60. The Kier molecular flexibility index (Phi) is 5.17. The molecular formula is C22H20N2O5S. The maximum Gasteiger partial charge on any atom is 0.293 e. The van der Waals surface area contributed by atoms with E-state index in [-0.39, 0.29) is 16.5 Å². The number of nitrogens with zero attached hydrogens (tertiary/aromatic N) is 2. The van der Waals surface area contributed by atoms with E-state index in [1.807, 2.05) is 32.0 Å². The molecule has 0 bridgehead atoms. The molecule has 30 heavy (non-hydrogen) atoms. The van der Waals surface area contributed by atoms with Crippen LogP contribution in [0, 0.1) is 13.8 Å². The molecule has 0 atom stereocenters. The Morgan fingerprint density at radius 3 is 2.60 bits per heavy atom. The van der Waals surface area contributed by atoms with Gasteiger partial charge in [0.15, 0.2) is 15.6 Å². The molecule has 0 saturated carbocycles. The van der Waals surface area contributed by atoms with Gasteiger partial charge in [0.1, 0.15) is 17.3 Å². The van der Waals surface area contributed by atoms with E-state index in [1.165, 1.54) is 0 Å². The number of benzene rings is 2. The summed E-state index contributed by atoms with van der Waals surface area (Å²) in [5.41, 5.74) is 2.69. The van der Waals surface area contributed by atoms with E-state index in [0.29, 0.717) is 23.1 Å². The van der Waals surface area contributed by atoms with E-state index in [0.717, 1.165) is 16.7 Å². The Balaban J connectivity index is 1.56. The molecule has 0 aliphatic heterocycles. The van der Waals surface area contributed by atoms with Crippen molar-refractivity contribution in [2.45, 2.75) is 24.5 Å². The maximum atomic E-state index is 12.7. The quantitative estimate of drug-likeness (QED) is 0.446. The van der Waals surface area contributed by atoms with Gasteiger partial charge in [-0.05, 0) is 61.4 Å². The number of hydrogen-bond acceptors (Lipinski definition) is 7. The third-order valence-corrected chi connectivity index (χ3v) is 6.43. The first-order valence-electron chi connectivity index (χ1n) is 9.23. The Morgan fingerprint density at radius 2 is 1.83 bits per heavy atom. The van der Waals surface area contributed by atoms with Gasteiger partial charge in [0.05, 0.1) is 12.0 Å². The molecule has 0 N–H and O–H groups in total. The van der Waals surface area contributed by atoms with Gasteiger partial charge in [-0.15, -0.1) is 0 Å². The van der Waals surface area contributed by atoms with E-state index in [1.54, 1.807) is 43.5 Å². The van der Waals surface area contributed by atoms with E-state index in [2.05, 4.69) is 10.1 Å². The highest BCUT2D eigenvalue weighted by Crippen LogP contribution is 2.27. The molecule has 2 aromatic carbocycles. The first-order chi connectivity index (χ1) is 14.4. The summed E-state index contributed by atoms with van der Waals surface area (Å²) >= 11 is 0. The number of rotatable bonds is 6. The highest BCUT2D eigenvalue weighted by atomic mass is 32.2. The van der Waals surface area contributed by atoms with Crippen LogP contribution in [-0.4, -0.2) is 25.7 Å². The average Bonchev–Trinajstić information content (AvgIpc) is 3.39. The van der Waals surface area contributed by atoms with Gasteiger partial charge in [-0.1, -0.05) is 23.4 Å². The molecule has 0 aliphatic carbocycles. The van der Waals surface area contributed by atoms with Crippen LogP contribution < -0.4 is 4.74 Å². The molecule has 0 saturated heterocycles. The largest absolute Gasteiger partial charge is 0.497 e. The molecule has 4 aromatic rings. The Labute approximate surface area is 174 Å². The number of methoxy groups -OCH3 is 1. The summed E-state index contributed by atoms with van der Waals surface area (Å²) < 4.78 is 41.6. The zero-order chi connectivity index (χ0) is 21.3. The second-order valence-corrected chi connectivity index (χ2v) is 8.92. The van der Waals surface area contributed by atoms with E-state index in [4.69, 9.17) is 13.7 Å². The van der Waals surface area contributed by atoms with Crippen LogP contribution in [0.4, 0.5) is 0 Å². The zero-order valence-electron chi connectivity index (χ0n) is 16.7. The molecule has 0 unspecified atom stereocenters. The third-order valence-electron chi connectivity index (χ3n) is 4.80. The van der Waals surface area contributed by atoms with Crippen LogP contribution >= 0.6 is 0 Å². The van der Waals surface area contributed by atoms with E-state index >= 15 is 0 Å². The predicted molar refractivity (Wildman–Crippen MR) is 111 cm³/mol. The first kappa shape index (κ1) is 19.9. The van der Waals surface area contributed by atoms with Crippen molar-refractivity contribution < 1.29 is 22.1 Å². The first-order valence-corrected chi connectivity index (χ1v) is 10.9. The summed E-state index contributed by atoms with van der Waals surface area (Å²) in [7, 11) is -1.96. The zero-order valence-corrected chi connectivity index (χ0v) is 17.6. The highest BCUT2D eigenvalue weighted by Gasteiger charge is 2.20. The molecule has 0 spiro atoms. The minimum Gasteiger partial charge on any atom is -0.497 e. The number of furan rings is 1. The summed E-state index contributed by atoms with van der Waals surface area (Å²) in [6.07, 6.45) is 0. The molecule has 2 heterocycles.